The summed E-state index contributed by atoms with van der Waals surface area (Å²) in [5.41, 5.74) is 27.6. The Kier molecular flexibility index (Phi) is 36.3. The topological polar surface area (TPSA) is 517 Å². The van der Waals surface area contributed by atoms with E-state index in [1.165, 1.54) is 44.4 Å². The van der Waals surface area contributed by atoms with Crippen LogP contribution in [0.5, 0.6) is 0 Å². The number of Topliss-reactive ketones (excluding diaryl/α,β-unsaturated/α-hetero) is 3. The van der Waals surface area contributed by atoms with E-state index in [2.05, 4.69) is 57.7 Å². The van der Waals surface area contributed by atoms with E-state index in [0.717, 1.165) is 27.2 Å². The van der Waals surface area contributed by atoms with Crippen LogP contribution in [0.15, 0.2) is 120 Å². The summed E-state index contributed by atoms with van der Waals surface area (Å²) in [6.07, 6.45) is 15.1. The van der Waals surface area contributed by atoms with Gasteiger partial charge in [0, 0.05) is 146 Å². The first-order valence-electron chi connectivity index (χ1n) is 47.1. The summed E-state index contributed by atoms with van der Waals surface area (Å²) in [5.74, 6) is -8.44. The number of aliphatic hydroxyl groups is 3. The molecule has 10 heterocycles. The molecule has 7 aromatic rings. The molecule has 11 N–H and O–H groups in total. The lowest BCUT2D eigenvalue weighted by Crippen LogP contribution is -2.61. The molecule has 734 valence electrons. The fourth-order valence-electron chi connectivity index (χ4n) is 18.4. The molecule has 4 amide bonds. The number of benzene rings is 2. The number of oxazole rings is 1. The molecular weight excluding hydrogens is 1750 g/mol. The van der Waals surface area contributed by atoms with Crippen LogP contribution >= 0.6 is 0 Å². The van der Waals surface area contributed by atoms with Crippen molar-refractivity contribution in [1.82, 2.24) is 65.1 Å². The molecule has 2 aromatic carbocycles. The second-order valence-corrected chi connectivity index (χ2v) is 36.3. The number of methoxy groups -OCH3 is 2. The molecule has 0 spiro atoms. The number of ketones is 3. The molecule has 5 aliphatic heterocycles. The van der Waals surface area contributed by atoms with Crippen molar-refractivity contribution in [3.05, 3.63) is 143 Å². The van der Waals surface area contributed by atoms with Crippen LogP contribution in [-0.2, 0) is 97.5 Å². The molecule has 1 saturated carbocycles. The highest BCUT2D eigenvalue weighted by Gasteiger charge is 2.53. The van der Waals surface area contributed by atoms with E-state index < -0.39 is 120 Å². The molecule has 39 heteroatoms. The first-order valence-corrected chi connectivity index (χ1v) is 47.1. The zero-order chi connectivity index (χ0) is 96.7. The highest BCUT2D eigenvalue weighted by atomic mass is 16.6. The SMILES string of the molecule is CO[C@H]1C[C@@H]2CC[C@@H](C)[C@@](O)(O2)C(=O)C(=O)N2CCCC[C@H]2C(=O)O[C@H]([C@H](N)C[C@@H]2CC[C@@H](OC(=O)NCc3cnc(N4CCN(c5ncc(C(=O)NCCOCCOCCOCCOCCC(=O)N6CCc7cc(Cn8nc(-c9ccc%10oc(N)nc%10c9)c9c(N)ncnc98)ccc7C6)cn5)CC4)nc3)[C@H](OC)C2)CC(=O)[C@H](C)/C=C(\C)[C@@H](O)[C@@H](O)C(=O)[C@H](C)C[C@H](C)/C=C/C=CC=C1C. The quantitative estimate of drug-likeness (QED) is 0.0101. The van der Waals surface area contributed by atoms with E-state index in [-0.39, 0.29) is 93.8 Å². The number of allylic oxidation sites excluding steroid dienone is 6. The maximum absolute atomic E-state index is 14.7. The van der Waals surface area contributed by atoms with Crippen molar-refractivity contribution in [2.75, 3.05) is 134 Å². The molecule has 1 aliphatic carbocycles. The van der Waals surface area contributed by atoms with Gasteiger partial charge in [-0.1, -0.05) is 82.4 Å². The largest absolute Gasteiger partial charge is 0.459 e. The van der Waals surface area contributed by atoms with Gasteiger partial charge in [-0.05, 0) is 142 Å². The van der Waals surface area contributed by atoms with Gasteiger partial charge >= 0.3 is 12.1 Å². The number of hydrogen-bond donors (Lipinski definition) is 8. The lowest BCUT2D eigenvalue weighted by Gasteiger charge is -2.42. The Balaban J connectivity index is 0.490. The summed E-state index contributed by atoms with van der Waals surface area (Å²) < 4.78 is 60.2. The third-order valence-corrected chi connectivity index (χ3v) is 26.4. The minimum atomic E-state index is -2.52. The number of fused-ring (bicyclic) bond motifs is 6. The van der Waals surface area contributed by atoms with Crippen molar-refractivity contribution in [2.45, 2.75) is 212 Å². The number of piperidine rings is 1. The number of nitrogens with two attached hydrogens (primary N) is 3. The Hall–Kier alpha value is -11.5. The predicted octanol–water partition coefficient (Wildman–Crippen LogP) is 6.99. The zero-order valence-corrected chi connectivity index (χ0v) is 78.8. The fraction of sp³-hybridized carbons (Fsp3) is 0.567. The number of aliphatic hydroxyl groups excluding tert-OH is 2. The van der Waals surface area contributed by atoms with Gasteiger partial charge < -0.3 is 110 Å². The van der Waals surface area contributed by atoms with Crippen LogP contribution in [0.2, 0.25) is 0 Å². The number of piperazine rings is 1. The fourth-order valence-corrected chi connectivity index (χ4v) is 18.4. The minimum Gasteiger partial charge on any atom is -0.459 e. The number of aromatic nitrogens is 9. The summed E-state index contributed by atoms with van der Waals surface area (Å²) in [4.78, 5) is 150. The van der Waals surface area contributed by atoms with Crippen LogP contribution in [0.4, 0.5) is 28.5 Å². The van der Waals surface area contributed by atoms with E-state index in [1.807, 2.05) is 81.8 Å². The summed E-state index contributed by atoms with van der Waals surface area (Å²) in [6, 6.07) is 9.60. The number of cyclic esters (lactones) is 1. The average molecular weight is 1880 g/mol. The first kappa shape index (κ1) is 102. The Bertz CT molecular complexity index is 5390. The summed E-state index contributed by atoms with van der Waals surface area (Å²) in [6.45, 7) is 16.9. The lowest BCUT2D eigenvalue weighted by molar-refractivity contribution is -0.265. The van der Waals surface area contributed by atoms with Gasteiger partial charge in [0.25, 0.3) is 23.6 Å². The van der Waals surface area contributed by atoms with E-state index in [0.29, 0.717) is 200 Å². The minimum absolute atomic E-state index is 0.0115. The first-order chi connectivity index (χ1) is 65.5. The smallest absolute Gasteiger partial charge is 0.407 e. The van der Waals surface area contributed by atoms with Crippen LogP contribution in [0, 0.1) is 29.6 Å². The van der Waals surface area contributed by atoms with Gasteiger partial charge in [-0.2, -0.15) is 10.1 Å². The average Bonchev–Trinajstić information content (AvgIpc) is 1.62. The maximum atomic E-state index is 14.7. The lowest BCUT2D eigenvalue weighted by atomic mass is 9.80. The number of ether oxygens (including phenoxy) is 9. The van der Waals surface area contributed by atoms with Gasteiger partial charge in [-0.15, -0.1) is 0 Å². The summed E-state index contributed by atoms with van der Waals surface area (Å²) >= 11 is 0. The van der Waals surface area contributed by atoms with Gasteiger partial charge in [-0.25, -0.2) is 44.2 Å². The number of amides is 4. The molecule has 136 heavy (non-hydrogen) atoms. The number of hydrogen-bond acceptors (Lipinski definition) is 34. The van der Waals surface area contributed by atoms with Crippen LogP contribution < -0.4 is 37.6 Å². The second kappa shape index (κ2) is 48.5. The molecule has 3 saturated heterocycles. The molecule has 2 bridgehead atoms. The number of alkyl carbamates (subject to hydrolysis) is 1. The number of rotatable bonds is 29. The Morgan fingerprint density at radius 1 is 0.699 bits per heavy atom. The normalized spacial score (nSPS) is 26.0. The molecule has 6 aliphatic rings. The van der Waals surface area contributed by atoms with E-state index in [9.17, 15) is 53.7 Å². The van der Waals surface area contributed by atoms with E-state index in [4.69, 9.17) is 69.3 Å². The molecule has 5 aromatic heterocycles. The molecule has 4 fully saturated rings. The second-order valence-electron chi connectivity index (χ2n) is 36.3. The Labute approximate surface area is 790 Å². The zero-order valence-electron chi connectivity index (χ0n) is 78.8. The van der Waals surface area contributed by atoms with E-state index in [1.54, 1.807) is 46.3 Å². The molecule has 0 unspecified atom stereocenters. The van der Waals surface area contributed by atoms with Gasteiger partial charge in [0.05, 0.1) is 95.1 Å². The highest BCUT2D eigenvalue weighted by molar-refractivity contribution is 6.39. The third-order valence-electron chi connectivity index (χ3n) is 26.4. The van der Waals surface area contributed by atoms with Gasteiger partial charge in [0.2, 0.25) is 23.6 Å². The third kappa shape index (κ3) is 26.6. The monoisotopic (exact) mass is 1880 g/mol. The number of anilines is 4. The number of carbonyl (C=O) groups is 8. The predicted molar refractivity (Wildman–Crippen MR) is 501 cm³/mol. The summed E-state index contributed by atoms with van der Waals surface area (Å²) in [7, 11) is 3.06. The van der Waals surface area contributed by atoms with Crippen LogP contribution in [-0.4, -0.2) is 290 Å². The van der Waals surface area contributed by atoms with Crippen molar-refractivity contribution in [3.63, 3.8) is 0 Å². The number of carbonyl (C=O) groups excluding carboxylic acids is 8. The Morgan fingerprint density at radius 2 is 1.40 bits per heavy atom. The van der Waals surface area contributed by atoms with Crippen molar-refractivity contribution >= 4 is 93.0 Å². The van der Waals surface area contributed by atoms with Gasteiger partial charge in [0.1, 0.15) is 59.6 Å². The molecular formula is C97H130N18O21. The Morgan fingerprint density at radius 3 is 2.12 bits per heavy atom. The standard InChI is InChI=1S/C97H130N18O21/c1-58-14-10-9-11-15-59(2)78(127-7)48-71-22-17-63(6)97(126,136-71)87(121)91(123)114-28-13-12-16-74(114)92(124)133-79(49-75(116)60(3)43-62(5)85(119)86(120)84(118)61(4)42-58)72(98)45-64-19-23-77(80(46-64)128-8)135-96(125)106-52-66-50-102-94(103-51-66)111-30-32-112(33-31-111)95-104-53-70(54-105-95)90(122)101-27-35-130-37-39-132-41-40-131-38-36-129-34-26-81(117)113-29-25-67-44-65(18-20-69(67)56-113)55-115-89-82(88(99)107-57-108-89)83(110-115)68-21-24-76-73(47-68)109-93(100)134-76/h9-11,14-15,18,20-21,24,43-44,47,50-51,53-54,57-58,60-61,63-64,71-72,74,77-80,85-86,119-120,126H,12-13,16-17,19,22-23,25-42,45-46,48-49,52,55-56,98H2,1-8H3,(H2,100,109)(H,101,122)(H,106,125)(H2,99,107,108)/b11-9?,14-10+,59-15?,62-43+/t58-,60-,61-,63-,64+,71+,72-,74+,77-,78+,79+,80-,85-,86+,97-/m1/s1. The number of nitrogen functional groups attached to an aromatic ring is 2. The van der Waals surface area contributed by atoms with Gasteiger partial charge in [-0.3, -0.25) is 28.8 Å². The number of esters is 1. The van der Waals surface area contributed by atoms with E-state index >= 15 is 0 Å². The van der Waals surface area contributed by atoms with Crippen LogP contribution in [0.25, 0.3) is 33.4 Å². The van der Waals surface area contributed by atoms with Crippen LogP contribution in [0.3, 0.4) is 0 Å². The van der Waals surface area contributed by atoms with Gasteiger partial charge in [0.15, 0.2) is 17.0 Å². The summed E-state index contributed by atoms with van der Waals surface area (Å²) in [5, 5.41) is 45.9. The van der Waals surface area contributed by atoms with Crippen molar-refractivity contribution in [1.29, 1.82) is 0 Å². The van der Waals surface area contributed by atoms with Crippen molar-refractivity contribution in [2.24, 2.45) is 35.3 Å². The molecule has 39 nitrogen and oxygen atoms in total. The maximum Gasteiger partial charge on any atom is 0.407 e. The van der Waals surface area contributed by atoms with Crippen molar-refractivity contribution in [3.8, 4) is 11.3 Å². The molecule has 15 atom stereocenters. The number of nitrogens with zero attached hydrogens (tertiary/aromatic N) is 13. The molecule has 0 radical (unpaired) electrons. The molecule has 13 rings (SSSR count). The van der Waals surface area contributed by atoms with Crippen molar-refractivity contribution < 1.29 is 101 Å². The highest BCUT2D eigenvalue weighted by Crippen LogP contribution is 2.40. The number of nitrogens with one attached hydrogen (secondary N) is 2. The van der Waals surface area contributed by atoms with Crippen LogP contribution in [0.1, 0.15) is 158 Å².